The van der Waals surface area contributed by atoms with Crippen LogP contribution in [-0.2, 0) is 19.1 Å². The molecule has 1 aliphatic heterocycles. The minimum absolute atomic E-state index is 0.0493. The first-order valence-electron chi connectivity index (χ1n) is 10.4. The van der Waals surface area contributed by atoms with E-state index in [1.165, 1.54) is 33.3 Å². The van der Waals surface area contributed by atoms with Gasteiger partial charge in [0.1, 0.15) is 23.0 Å². The molecule has 9 nitrogen and oxygen atoms in total. The quantitative estimate of drug-likeness (QED) is 0.362. The normalized spacial score (nSPS) is 14.8. The lowest BCUT2D eigenvalue weighted by atomic mass is 9.81. The molecule has 0 saturated heterocycles. The summed E-state index contributed by atoms with van der Waals surface area (Å²) >= 11 is 12.9. The molecular formula is C25H24BrCl2N3O6. The van der Waals surface area contributed by atoms with Crippen LogP contribution >= 0.6 is 39.1 Å². The topological polar surface area (TPSA) is 124 Å². The molecule has 196 valence electrons. The third-order valence-corrected chi connectivity index (χ3v) is 5.84. The Hall–Kier alpha value is -3.39. The van der Waals surface area contributed by atoms with Crippen molar-refractivity contribution in [2.45, 2.75) is 5.92 Å². The maximum absolute atomic E-state index is 13.1. The standard InChI is InChI=1S/C24H22BrN3O6.CH2Cl2/c1-31-15-9-10-17(18(11-15)32-2)28-21(24(30)34-4)20(23(29)33-3)19(16(12-26)22(28)27)13-5-7-14(25)8-6-13;2-1-3/h5-11,19H,27H2,1-4H3;1H2/t19-;/m1./s1. The third-order valence-electron chi connectivity index (χ3n) is 5.31. The van der Waals surface area contributed by atoms with Gasteiger partial charge in [-0.2, -0.15) is 5.26 Å². The molecule has 0 aromatic heterocycles. The minimum Gasteiger partial charge on any atom is -0.497 e. The molecule has 2 N–H and O–H groups in total. The molecule has 2 aromatic carbocycles. The van der Waals surface area contributed by atoms with Crippen LogP contribution in [0.25, 0.3) is 0 Å². The maximum atomic E-state index is 13.1. The second kappa shape index (κ2) is 13.8. The number of carbonyl (C=O) groups excluding carboxylic acids is 2. The van der Waals surface area contributed by atoms with Crippen molar-refractivity contribution in [3.8, 4) is 17.6 Å². The molecule has 0 bridgehead atoms. The van der Waals surface area contributed by atoms with Gasteiger partial charge in [0.2, 0.25) is 0 Å². The van der Waals surface area contributed by atoms with Crippen LogP contribution in [0.5, 0.6) is 11.5 Å². The zero-order valence-electron chi connectivity index (χ0n) is 20.4. The lowest BCUT2D eigenvalue weighted by molar-refractivity contribution is -0.139. The van der Waals surface area contributed by atoms with Crippen LogP contribution in [0.4, 0.5) is 5.69 Å². The molecule has 0 fully saturated rings. The summed E-state index contributed by atoms with van der Waals surface area (Å²) in [6.45, 7) is 0. The highest BCUT2D eigenvalue weighted by Crippen LogP contribution is 2.46. The van der Waals surface area contributed by atoms with Crippen molar-refractivity contribution in [1.82, 2.24) is 0 Å². The number of rotatable bonds is 6. The van der Waals surface area contributed by atoms with Crippen LogP contribution < -0.4 is 20.1 Å². The van der Waals surface area contributed by atoms with E-state index in [0.717, 1.165) is 4.47 Å². The van der Waals surface area contributed by atoms with Gasteiger partial charge in [0, 0.05) is 10.5 Å². The Morgan fingerprint density at radius 3 is 2.11 bits per heavy atom. The van der Waals surface area contributed by atoms with Gasteiger partial charge in [0.25, 0.3) is 0 Å². The van der Waals surface area contributed by atoms with Gasteiger partial charge in [-0.15, -0.1) is 23.2 Å². The van der Waals surface area contributed by atoms with Crippen molar-refractivity contribution in [1.29, 1.82) is 5.26 Å². The lowest BCUT2D eigenvalue weighted by Gasteiger charge is -2.36. The summed E-state index contributed by atoms with van der Waals surface area (Å²) in [5.41, 5.74) is 7.11. The zero-order valence-corrected chi connectivity index (χ0v) is 23.5. The summed E-state index contributed by atoms with van der Waals surface area (Å²) in [6.07, 6.45) is 0. The highest BCUT2D eigenvalue weighted by molar-refractivity contribution is 9.10. The number of allylic oxidation sites excluding steroid dienone is 1. The number of alkyl halides is 2. The predicted molar refractivity (Wildman–Crippen MR) is 143 cm³/mol. The van der Waals surface area contributed by atoms with Gasteiger partial charge in [0.15, 0.2) is 0 Å². The smallest absolute Gasteiger partial charge is 0.355 e. The first-order valence-corrected chi connectivity index (χ1v) is 12.3. The Labute approximate surface area is 233 Å². The molecule has 3 rings (SSSR count). The second-order valence-electron chi connectivity index (χ2n) is 7.11. The molecule has 1 aliphatic rings. The SMILES string of the molecule is COC(=O)C1=C(C(=O)OC)N(c2ccc(OC)cc2OC)C(N)=C(C#N)[C@H]1c1ccc(Br)cc1.ClCCl. The number of benzene rings is 2. The van der Waals surface area contributed by atoms with Crippen LogP contribution in [0, 0.1) is 11.3 Å². The first-order chi connectivity index (χ1) is 17.7. The molecular weight excluding hydrogens is 589 g/mol. The molecule has 0 radical (unpaired) electrons. The summed E-state index contributed by atoms with van der Waals surface area (Å²) < 4.78 is 21.6. The summed E-state index contributed by atoms with van der Waals surface area (Å²) in [6, 6.07) is 13.9. The van der Waals surface area contributed by atoms with Crippen molar-refractivity contribution >= 4 is 56.8 Å². The zero-order chi connectivity index (χ0) is 27.7. The lowest BCUT2D eigenvalue weighted by Crippen LogP contribution is -2.40. The molecule has 1 atom stereocenters. The van der Waals surface area contributed by atoms with Gasteiger partial charge < -0.3 is 24.7 Å². The number of hydrogen-bond donors (Lipinski definition) is 1. The summed E-state index contributed by atoms with van der Waals surface area (Å²) in [4.78, 5) is 27.5. The van der Waals surface area contributed by atoms with E-state index in [-0.39, 0.29) is 33.8 Å². The first kappa shape index (κ1) is 29.8. The van der Waals surface area contributed by atoms with Crippen molar-refractivity contribution in [3.63, 3.8) is 0 Å². The average Bonchev–Trinajstić information content (AvgIpc) is 2.92. The van der Waals surface area contributed by atoms with Crippen LogP contribution in [0.2, 0.25) is 0 Å². The van der Waals surface area contributed by atoms with E-state index in [2.05, 4.69) is 22.0 Å². The van der Waals surface area contributed by atoms with E-state index in [9.17, 15) is 14.9 Å². The summed E-state index contributed by atoms with van der Waals surface area (Å²) in [7, 11) is 5.30. The van der Waals surface area contributed by atoms with Gasteiger partial charge in [-0.05, 0) is 29.8 Å². The van der Waals surface area contributed by atoms with E-state index < -0.39 is 17.9 Å². The van der Waals surface area contributed by atoms with Gasteiger partial charge in [0.05, 0.1) is 62.6 Å². The Bertz CT molecular complexity index is 1260. The number of methoxy groups -OCH3 is 4. The molecule has 0 aliphatic carbocycles. The number of esters is 2. The van der Waals surface area contributed by atoms with E-state index in [1.54, 1.807) is 42.5 Å². The van der Waals surface area contributed by atoms with E-state index in [1.807, 2.05) is 0 Å². The van der Waals surface area contributed by atoms with Crippen LogP contribution in [0.3, 0.4) is 0 Å². The fourth-order valence-electron chi connectivity index (χ4n) is 3.74. The molecule has 0 saturated carbocycles. The Kier molecular flexibility index (Phi) is 11.1. The predicted octanol–water partition coefficient (Wildman–Crippen LogP) is 4.79. The fourth-order valence-corrected chi connectivity index (χ4v) is 4.01. The monoisotopic (exact) mass is 611 g/mol. The number of nitrogens with two attached hydrogens (primary N) is 1. The highest BCUT2D eigenvalue weighted by atomic mass is 79.9. The van der Waals surface area contributed by atoms with Crippen LogP contribution in [0.15, 0.2) is 69.6 Å². The van der Waals surface area contributed by atoms with Gasteiger partial charge in [-0.3, -0.25) is 4.90 Å². The third kappa shape index (κ3) is 6.31. The highest BCUT2D eigenvalue weighted by Gasteiger charge is 2.43. The number of anilines is 1. The number of carbonyl (C=O) groups is 2. The van der Waals surface area contributed by atoms with Crippen molar-refractivity contribution in [3.05, 3.63) is 75.2 Å². The Balaban J connectivity index is 0.00000153. The minimum atomic E-state index is -0.972. The summed E-state index contributed by atoms with van der Waals surface area (Å²) in [5.74, 6) is -1.92. The summed E-state index contributed by atoms with van der Waals surface area (Å²) in [5, 5.41) is 10.3. The largest absolute Gasteiger partial charge is 0.497 e. The number of hydrogen-bond acceptors (Lipinski definition) is 9. The van der Waals surface area contributed by atoms with Gasteiger partial charge >= 0.3 is 11.9 Å². The van der Waals surface area contributed by atoms with Crippen molar-refractivity contribution in [2.24, 2.45) is 5.73 Å². The van der Waals surface area contributed by atoms with E-state index >= 15 is 0 Å². The number of nitrogens with zero attached hydrogens (tertiary/aromatic N) is 2. The fraction of sp³-hybridized carbons (Fsp3) is 0.240. The van der Waals surface area contributed by atoms with Crippen molar-refractivity contribution in [2.75, 3.05) is 38.7 Å². The molecule has 37 heavy (non-hydrogen) atoms. The van der Waals surface area contributed by atoms with Crippen LogP contribution in [0.1, 0.15) is 11.5 Å². The molecule has 0 unspecified atom stereocenters. The Morgan fingerprint density at radius 2 is 1.62 bits per heavy atom. The van der Waals surface area contributed by atoms with Crippen molar-refractivity contribution < 1.29 is 28.5 Å². The maximum Gasteiger partial charge on any atom is 0.355 e. The van der Waals surface area contributed by atoms with Gasteiger partial charge in [-0.1, -0.05) is 28.1 Å². The Morgan fingerprint density at radius 1 is 1.03 bits per heavy atom. The van der Waals surface area contributed by atoms with E-state index in [4.69, 9.17) is 47.9 Å². The molecule has 12 heteroatoms. The molecule has 0 amide bonds. The van der Waals surface area contributed by atoms with Gasteiger partial charge in [-0.25, -0.2) is 9.59 Å². The molecule has 0 spiro atoms. The average molecular weight is 613 g/mol. The number of ether oxygens (including phenoxy) is 4. The second-order valence-corrected chi connectivity index (χ2v) is 8.84. The molecule has 1 heterocycles. The number of nitriles is 1. The van der Waals surface area contributed by atoms with Crippen LogP contribution in [-0.4, -0.2) is 45.7 Å². The van der Waals surface area contributed by atoms with E-state index in [0.29, 0.717) is 17.0 Å². The molecule has 2 aromatic rings. The number of halogens is 3.